The molecule has 0 radical (unpaired) electrons. The lowest BCUT2D eigenvalue weighted by molar-refractivity contribution is 0.0303. The van der Waals surface area contributed by atoms with Gasteiger partial charge < -0.3 is 19.5 Å². The van der Waals surface area contributed by atoms with E-state index in [0.29, 0.717) is 43.0 Å². The highest BCUT2D eigenvalue weighted by atomic mass is 19.1. The molecule has 1 unspecified atom stereocenters. The summed E-state index contributed by atoms with van der Waals surface area (Å²) >= 11 is 0. The van der Waals surface area contributed by atoms with Crippen LogP contribution >= 0.6 is 0 Å². The number of carbonyl (C=O) groups is 2. The van der Waals surface area contributed by atoms with Crippen LogP contribution in [-0.2, 0) is 11.8 Å². The summed E-state index contributed by atoms with van der Waals surface area (Å²) in [5.74, 6) is -0.545. The Morgan fingerprint density at radius 3 is 2.42 bits per heavy atom. The summed E-state index contributed by atoms with van der Waals surface area (Å²) in [6, 6.07) is 19.5. The number of carbonyl (C=O) groups excluding carboxylic acids is 2. The largest absolute Gasteiger partial charge is 0.378 e. The molecular weight excluding hydrogens is 457 g/mol. The molecule has 1 aliphatic rings. The molecule has 0 saturated carbocycles. The molecule has 1 aliphatic heterocycles. The van der Waals surface area contributed by atoms with Crippen LogP contribution in [0.4, 0.5) is 4.39 Å². The maximum absolute atomic E-state index is 13.6. The molecule has 1 fully saturated rings. The van der Waals surface area contributed by atoms with Crippen LogP contribution in [0.5, 0.6) is 0 Å². The van der Waals surface area contributed by atoms with Gasteiger partial charge in [-0.1, -0.05) is 30.3 Å². The first-order valence-electron chi connectivity index (χ1n) is 12.0. The summed E-state index contributed by atoms with van der Waals surface area (Å²) in [5, 5.41) is 3.81. The topological polar surface area (TPSA) is 63.6 Å². The molecule has 184 valence electrons. The fourth-order valence-corrected chi connectivity index (χ4v) is 4.64. The number of ether oxygens (including phenoxy) is 1. The number of nitrogens with zero attached hydrogens (tertiary/aromatic N) is 2. The van der Waals surface area contributed by atoms with E-state index in [-0.39, 0.29) is 23.7 Å². The average Bonchev–Trinajstić information content (AvgIpc) is 3.24. The quantitative estimate of drug-likeness (QED) is 0.435. The Morgan fingerprint density at radius 1 is 0.972 bits per heavy atom. The summed E-state index contributed by atoms with van der Waals surface area (Å²) in [6.45, 7) is 4.18. The van der Waals surface area contributed by atoms with Gasteiger partial charge in [0.1, 0.15) is 5.82 Å². The molecule has 36 heavy (non-hydrogen) atoms. The second-order valence-electron chi connectivity index (χ2n) is 9.12. The number of hydrogen-bond donors (Lipinski definition) is 1. The van der Waals surface area contributed by atoms with Crippen LogP contribution in [0.15, 0.2) is 72.9 Å². The van der Waals surface area contributed by atoms with Gasteiger partial charge in [-0.2, -0.15) is 0 Å². The van der Waals surface area contributed by atoms with Gasteiger partial charge in [0.25, 0.3) is 11.8 Å². The number of aromatic nitrogens is 1. The minimum absolute atomic E-state index is 0.00901. The lowest BCUT2D eigenvalue weighted by atomic mass is 10.0. The number of rotatable bonds is 5. The predicted molar refractivity (Wildman–Crippen MR) is 137 cm³/mol. The summed E-state index contributed by atoms with van der Waals surface area (Å²) < 4.78 is 20.9. The standard InChI is InChI=1S/C29H28FN3O3/c1-19(22-4-3-5-24(30)16-22)31-28(34)26-18-32(2)27-11-10-23(17-25(26)27)20-6-8-21(9-7-20)29(35)33-12-14-36-15-13-33/h3-11,16-19H,12-15H2,1-2H3,(H,31,34). The van der Waals surface area contributed by atoms with E-state index in [2.05, 4.69) is 5.32 Å². The molecule has 2 heterocycles. The zero-order chi connectivity index (χ0) is 25.2. The van der Waals surface area contributed by atoms with E-state index >= 15 is 0 Å². The Morgan fingerprint density at radius 2 is 1.69 bits per heavy atom. The van der Waals surface area contributed by atoms with E-state index in [4.69, 9.17) is 4.74 Å². The van der Waals surface area contributed by atoms with Gasteiger partial charge >= 0.3 is 0 Å². The van der Waals surface area contributed by atoms with Gasteiger partial charge in [-0.05, 0) is 60.0 Å². The van der Waals surface area contributed by atoms with E-state index in [9.17, 15) is 14.0 Å². The second kappa shape index (κ2) is 9.95. The monoisotopic (exact) mass is 485 g/mol. The third-order valence-electron chi connectivity index (χ3n) is 6.69. The van der Waals surface area contributed by atoms with Crippen molar-refractivity contribution in [1.29, 1.82) is 0 Å². The number of nitrogens with one attached hydrogen (secondary N) is 1. The Balaban J connectivity index is 1.39. The van der Waals surface area contributed by atoms with Gasteiger partial charge in [-0.15, -0.1) is 0 Å². The van der Waals surface area contributed by atoms with Crippen LogP contribution in [0.3, 0.4) is 0 Å². The Hall–Kier alpha value is -3.97. The van der Waals surface area contributed by atoms with Crippen LogP contribution in [-0.4, -0.2) is 47.6 Å². The van der Waals surface area contributed by atoms with E-state index in [0.717, 1.165) is 22.0 Å². The molecule has 0 aliphatic carbocycles. The SMILES string of the molecule is CC(NC(=O)c1cn(C)c2ccc(-c3ccc(C(=O)N4CCOCC4)cc3)cc12)c1cccc(F)c1. The van der Waals surface area contributed by atoms with E-state index in [1.54, 1.807) is 12.1 Å². The van der Waals surface area contributed by atoms with Crippen molar-refractivity contribution in [3.8, 4) is 11.1 Å². The molecule has 1 saturated heterocycles. The summed E-state index contributed by atoms with van der Waals surface area (Å²) in [4.78, 5) is 27.8. The summed E-state index contributed by atoms with van der Waals surface area (Å²) in [5.41, 5.74) is 4.74. The van der Waals surface area contributed by atoms with Gasteiger partial charge in [0.05, 0.1) is 24.8 Å². The molecule has 4 aromatic rings. The van der Waals surface area contributed by atoms with Crippen LogP contribution in [0, 0.1) is 5.82 Å². The lowest BCUT2D eigenvalue weighted by Crippen LogP contribution is -2.40. The molecule has 2 amide bonds. The number of hydrogen-bond acceptors (Lipinski definition) is 3. The first-order valence-corrected chi connectivity index (χ1v) is 12.0. The molecule has 1 atom stereocenters. The lowest BCUT2D eigenvalue weighted by Gasteiger charge is -2.26. The highest BCUT2D eigenvalue weighted by molar-refractivity contribution is 6.08. The Kier molecular flexibility index (Phi) is 6.57. The molecule has 6 nitrogen and oxygen atoms in total. The molecule has 5 rings (SSSR count). The molecule has 1 aromatic heterocycles. The van der Waals surface area contributed by atoms with Crippen molar-refractivity contribution < 1.29 is 18.7 Å². The zero-order valence-electron chi connectivity index (χ0n) is 20.3. The van der Waals surface area contributed by atoms with Crippen molar-refractivity contribution in [2.24, 2.45) is 7.05 Å². The fourth-order valence-electron chi connectivity index (χ4n) is 4.64. The third kappa shape index (κ3) is 4.75. The molecule has 3 aromatic carbocycles. The van der Waals surface area contributed by atoms with Gasteiger partial charge in [0.15, 0.2) is 0 Å². The third-order valence-corrected chi connectivity index (χ3v) is 6.69. The minimum atomic E-state index is -0.344. The highest BCUT2D eigenvalue weighted by Gasteiger charge is 2.20. The number of morpholine rings is 1. The first kappa shape index (κ1) is 23.8. The van der Waals surface area contributed by atoms with E-state index < -0.39 is 0 Å². The smallest absolute Gasteiger partial charge is 0.254 e. The van der Waals surface area contributed by atoms with Crippen molar-refractivity contribution in [2.45, 2.75) is 13.0 Å². The maximum atomic E-state index is 13.6. The minimum Gasteiger partial charge on any atom is -0.378 e. The molecule has 7 heteroatoms. The van der Waals surface area contributed by atoms with Crippen LogP contribution < -0.4 is 5.32 Å². The molecule has 0 spiro atoms. The maximum Gasteiger partial charge on any atom is 0.254 e. The number of fused-ring (bicyclic) bond motifs is 1. The van der Waals surface area contributed by atoms with Gasteiger partial charge in [-0.3, -0.25) is 9.59 Å². The van der Waals surface area contributed by atoms with Crippen molar-refractivity contribution >= 4 is 22.7 Å². The zero-order valence-corrected chi connectivity index (χ0v) is 20.3. The number of benzene rings is 3. The first-order chi connectivity index (χ1) is 17.4. The Labute approximate surface area is 209 Å². The fraction of sp³-hybridized carbons (Fsp3) is 0.241. The highest BCUT2D eigenvalue weighted by Crippen LogP contribution is 2.29. The normalized spacial score (nSPS) is 14.6. The van der Waals surface area contributed by atoms with Crippen molar-refractivity contribution in [3.05, 3.63) is 95.4 Å². The van der Waals surface area contributed by atoms with Gasteiger partial charge in [-0.25, -0.2) is 4.39 Å². The second-order valence-corrected chi connectivity index (χ2v) is 9.12. The summed E-state index contributed by atoms with van der Waals surface area (Å²) in [6.07, 6.45) is 1.81. The summed E-state index contributed by atoms with van der Waals surface area (Å²) in [7, 11) is 1.90. The van der Waals surface area contributed by atoms with Crippen molar-refractivity contribution in [2.75, 3.05) is 26.3 Å². The number of aryl methyl sites for hydroxylation is 1. The van der Waals surface area contributed by atoms with Gasteiger partial charge in [0, 0.05) is 42.8 Å². The van der Waals surface area contributed by atoms with Crippen LogP contribution in [0.1, 0.15) is 39.2 Å². The van der Waals surface area contributed by atoms with E-state index in [1.165, 1.54) is 12.1 Å². The van der Waals surface area contributed by atoms with Gasteiger partial charge in [0.2, 0.25) is 0 Å². The molecule has 1 N–H and O–H groups in total. The predicted octanol–water partition coefficient (Wildman–Crippen LogP) is 4.95. The van der Waals surface area contributed by atoms with Crippen molar-refractivity contribution in [1.82, 2.24) is 14.8 Å². The van der Waals surface area contributed by atoms with E-state index in [1.807, 2.05) is 72.1 Å². The Bertz CT molecular complexity index is 1420. The molecular formula is C29H28FN3O3. The average molecular weight is 486 g/mol. The van der Waals surface area contributed by atoms with Crippen LogP contribution in [0.2, 0.25) is 0 Å². The molecule has 0 bridgehead atoms. The number of halogens is 1. The van der Waals surface area contributed by atoms with Crippen LogP contribution in [0.25, 0.3) is 22.0 Å². The van der Waals surface area contributed by atoms with Crippen molar-refractivity contribution in [3.63, 3.8) is 0 Å². The number of amides is 2.